The molecular weight excluding hydrogens is 252 g/mol. The number of carbonyl (C=O) groups is 2. The van der Waals surface area contributed by atoms with Gasteiger partial charge in [0.1, 0.15) is 12.1 Å². The number of hydrogen-bond acceptors (Lipinski definition) is 2. The smallest absolute Gasteiger partial charge is 0.246 e. The van der Waals surface area contributed by atoms with Gasteiger partial charge in [0.15, 0.2) is 0 Å². The molecule has 0 aromatic rings. The lowest BCUT2D eigenvalue weighted by Gasteiger charge is -2.48. The van der Waals surface area contributed by atoms with Crippen molar-refractivity contribution >= 4 is 11.8 Å². The molecule has 0 saturated carbocycles. The van der Waals surface area contributed by atoms with Gasteiger partial charge in [0, 0.05) is 6.04 Å². The highest BCUT2D eigenvalue weighted by Crippen LogP contribution is 2.30. The van der Waals surface area contributed by atoms with Gasteiger partial charge in [-0.3, -0.25) is 9.59 Å². The molecule has 3 atom stereocenters. The van der Waals surface area contributed by atoms with E-state index in [-0.39, 0.29) is 35.2 Å². The lowest BCUT2D eigenvalue weighted by atomic mass is 9.81. The van der Waals surface area contributed by atoms with Crippen molar-refractivity contribution < 1.29 is 9.59 Å². The quantitative estimate of drug-likeness (QED) is 0.864. The lowest BCUT2D eigenvalue weighted by Crippen LogP contribution is -2.69. The Bertz CT molecular complexity index is 382. The summed E-state index contributed by atoms with van der Waals surface area (Å²) in [7, 11) is 0. The predicted octanol–water partition coefficient (Wildman–Crippen LogP) is 2.43. The fraction of sp³-hybridized carbons (Fsp3) is 0.875. The first kappa shape index (κ1) is 17.0. The van der Waals surface area contributed by atoms with Crippen molar-refractivity contribution in [1.82, 2.24) is 10.2 Å². The summed E-state index contributed by atoms with van der Waals surface area (Å²) in [5.74, 6) is 0.469. The third kappa shape index (κ3) is 3.15. The zero-order valence-electron chi connectivity index (χ0n) is 14.2. The van der Waals surface area contributed by atoms with E-state index in [9.17, 15) is 9.59 Å². The van der Waals surface area contributed by atoms with Crippen LogP contribution in [0.2, 0.25) is 0 Å². The molecule has 0 spiro atoms. The Morgan fingerprint density at radius 1 is 1.05 bits per heavy atom. The molecule has 0 radical (unpaired) electrons. The van der Waals surface area contributed by atoms with E-state index in [1.807, 2.05) is 46.4 Å². The summed E-state index contributed by atoms with van der Waals surface area (Å²) >= 11 is 0. The summed E-state index contributed by atoms with van der Waals surface area (Å²) in [5.41, 5.74) is -0.274. The molecule has 3 unspecified atom stereocenters. The van der Waals surface area contributed by atoms with Gasteiger partial charge in [0.25, 0.3) is 0 Å². The number of nitrogens with zero attached hydrogens (tertiary/aromatic N) is 1. The molecule has 4 nitrogen and oxygen atoms in total. The largest absolute Gasteiger partial charge is 0.342 e. The Balaban J connectivity index is 3.21. The van der Waals surface area contributed by atoms with Crippen LogP contribution in [0.15, 0.2) is 0 Å². The van der Waals surface area contributed by atoms with Crippen LogP contribution in [0.4, 0.5) is 0 Å². The Kier molecular flexibility index (Phi) is 4.88. The van der Waals surface area contributed by atoms with Crippen LogP contribution in [-0.2, 0) is 9.59 Å². The Morgan fingerprint density at radius 2 is 1.55 bits per heavy atom. The van der Waals surface area contributed by atoms with Gasteiger partial charge in [-0.25, -0.2) is 0 Å². The summed E-state index contributed by atoms with van der Waals surface area (Å²) < 4.78 is 0. The second-order valence-electron chi connectivity index (χ2n) is 7.73. The topological polar surface area (TPSA) is 49.4 Å². The van der Waals surface area contributed by atoms with E-state index in [0.717, 1.165) is 0 Å². The molecule has 1 N–H and O–H groups in total. The van der Waals surface area contributed by atoms with E-state index in [0.29, 0.717) is 5.92 Å². The van der Waals surface area contributed by atoms with Crippen LogP contribution >= 0.6 is 0 Å². The fourth-order valence-electron chi connectivity index (χ4n) is 2.69. The number of piperazine rings is 1. The summed E-state index contributed by atoms with van der Waals surface area (Å²) in [6.07, 6.45) is 0. The van der Waals surface area contributed by atoms with Crippen LogP contribution in [0.1, 0.15) is 55.4 Å². The SMILES string of the molecule is CC(C)C(C)N1C(=O)C(C(C)(C)C)NC(=O)C1C(C)C. The maximum atomic E-state index is 12.9. The van der Waals surface area contributed by atoms with Crippen molar-refractivity contribution in [3.8, 4) is 0 Å². The Morgan fingerprint density at radius 3 is 1.90 bits per heavy atom. The molecule has 1 saturated heterocycles. The molecule has 20 heavy (non-hydrogen) atoms. The van der Waals surface area contributed by atoms with E-state index in [4.69, 9.17) is 0 Å². The van der Waals surface area contributed by atoms with Crippen molar-refractivity contribution in [1.29, 1.82) is 0 Å². The first-order valence-corrected chi connectivity index (χ1v) is 7.61. The number of hydrogen-bond donors (Lipinski definition) is 1. The van der Waals surface area contributed by atoms with Crippen molar-refractivity contribution in [2.45, 2.75) is 73.5 Å². The van der Waals surface area contributed by atoms with Crippen LogP contribution < -0.4 is 5.32 Å². The number of nitrogens with one attached hydrogen (secondary N) is 1. The molecule has 0 bridgehead atoms. The minimum Gasteiger partial charge on any atom is -0.342 e. The van der Waals surface area contributed by atoms with Crippen LogP contribution in [0, 0.1) is 17.3 Å². The van der Waals surface area contributed by atoms with Crippen molar-refractivity contribution in [2.24, 2.45) is 17.3 Å². The molecule has 0 aromatic heterocycles. The van der Waals surface area contributed by atoms with E-state index in [2.05, 4.69) is 19.2 Å². The van der Waals surface area contributed by atoms with E-state index in [1.165, 1.54) is 0 Å². The lowest BCUT2D eigenvalue weighted by molar-refractivity contribution is -0.158. The monoisotopic (exact) mass is 282 g/mol. The molecule has 116 valence electrons. The number of carbonyl (C=O) groups excluding carboxylic acids is 2. The minimum atomic E-state index is -0.439. The van der Waals surface area contributed by atoms with Crippen LogP contribution in [0.3, 0.4) is 0 Å². The minimum absolute atomic E-state index is 0.0213. The second kappa shape index (κ2) is 5.74. The Labute approximate surface area is 123 Å². The van der Waals surface area contributed by atoms with Crippen molar-refractivity contribution in [2.75, 3.05) is 0 Å². The second-order valence-corrected chi connectivity index (χ2v) is 7.73. The summed E-state index contributed by atoms with van der Waals surface area (Å²) in [4.78, 5) is 27.2. The molecule has 1 aliphatic heterocycles. The molecule has 4 heteroatoms. The molecule has 2 amide bonds. The van der Waals surface area contributed by atoms with Crippen molar-refractivity contribution in [3.05, 3.63) is 0 Å². The first-order valence-electron chi connectivity index (χ1n) is 7.61. The molecule has 1 rings (SSSR count). The molecular formula is C16H30N2O2. The standard InChI is InChI=1S/C16H30N2O2/c1-9(2)11(5)18-12(10(3)4)14(19)17-13(15(18)20)16(6,7)8/h9-13H,1-8H3,(H,17,19). The van der Waals surface area contributed by atoms with E-state index >= 15 is 0 Å². The third-order valence-electron chi connectivity index (χ3n) is 4.26. The van der Waals surface area contributed by atoms with Gasteiger partial charge in [-0.15, -0.1) is 0 Å². The molecule has 1 heterocycles. The van der Waals surface area contributed by atoms with Gasteiger partial charge in [0.05, 0.1) is 0 Å². The average molecular weight is 282 g/mol. The van der Waals surface area contributed by atoms with E-state index < -0.39 is 6.04 Å². The van der Waals surface area contributed by atoms with Gasteiger partial charge in [-0.05, 0) is 24.2 Å². The predicted molar refractivity (Wildman–Crippen MR) is 81.2 cm³/mol. The fourth-order valence-corrected chi connectivity index (χ4v) is 2.69. The normalized spacial score (nSPS) is 26.2. The maximum Gasteiger partial charge on any atom is 0.246 e. The van der Waals surface area contributed by atoms with Crippen LogP contribution in [0.25, 0.3) is 0 Å². The number of amides is 2. The van der Waals surface area contributed by atoms with E-state index in [1.54, 1.807) is 0 Å². The molecule has 1 aliphatic rings. The first-order chi connectivity index (χ1) is 8.98. The van der Waals surface area contributed by atoms with Gasteiger partial charge >= 0.3 is 0 Å². The van der Waals surface area contributed by atoms with Gasteiger partial charge < -0.3 is 10.2 Å². The van der Waals surface area contributed by atoms with Gasteiger partial charge in [-0.2, -0.15) is 0 Å². The summed E-state index contributed by atoms with van der Waals surface area (Å²) in [6.45, 7) is 16.2. The third-order valence-corrected chi connectivity index (χ3v) is 4.26. The summed E-state index contributed by atoms with van der Waals surface area (Å²) in [5, 5.41) is 2.93. The zero-order valence-corrected chi connectivity index (χ0v) is 14.2. The summed E-state index contributed by atoms with van der Waals surface area (Å²) in [6, 6.07) is -0.740. The zero-order chi connectivity index (χ0) is 15.8. The highest BCUT2D eigenvalue weighted by atomic mass is 16.2. The van der Waals surface area contributed by atoms with Gasteiger partial charge in [0.2, 0.25) is 11.8 Å². The Hall–Kier alpha value is -1.06. The highest BCUT2D eigenvalue weighted by Gasteiger charge is 2.47. The van der Waals surface area contributed by atoms with Crippen LogP contribution in [0.5, 0.6) is 0 Å². The average Bonchev–Trinajstić information content (AvgIpc) is 2.28. The van der Waals surface area contributed by atoms with Gasteiger partial charge in [-0.1, -0.05) is 48.5 Å². The molecule has 0 aromatic carbocycles. The van der Waals surface area contributed by atoms with Crippen molar-refractivity contribution in [3.63, 3.8) is 0 Å². The molecule has 0 aliphatic carbocycles. The maximum absolute atomic E-state index is 12.9. The molecule has 1 fully saturated rings. The van der Waals surface area contributed by atoms with Crippen LogP contribution in [-0.4, -0.2) is 34.8 Å². The highest BCUT2D eigenvalue weighted by molar-refractivity contribution is 5.97. The number of rotatable bonds is 3.